The van der Waals surface area contributed by atoms with Crippen molar-refractivity contribution in [2.75, 3.05) is 0 Å². The molecule has 4 rings (SSSR count). The van der Waals surface area contributed by atoms with Crippen LogP contribution in [0.1, 0.15) is 23.6 Å². The van der Waals surface area contributed by atoms with Gasteiger partial charge in [-0.05, 0) is 70.7 Å². The Bertz CT molecular complexity index is 1300. The summed E-state index contributed by atoms with van der Waals surface area (Å²) in [6.07, 6.45) is -4.13. The zero-order valence-electron chi connectivity index (χ0n) is 18.1. The third-order valence-electron chi connectivity index (χ3n) is 5.69. The summed E-state index contributed by atoms with van der Waals surface area (Å²) in [4.78, 5) is 0. The first-order valence-electron chi connectivity index (χ1n) is 10.7. The minimum absolute atomic E-state index is 0.0322. The minimum atomic E-state index is -5.21. The van der Waals surface area contributed by atoms with Gasteiger partial charge in [0.25, 0.3) is 0 Å². The van der Waals surface area contributed by atoms with Gasteiger partial charge in [0.05, 0.1) is 0 Å². The molecule has 176 valence electrons. The molecule has 0 unspecified atom stereocenters. The molecule has 4 aromatic rings. The molecule has 0 saturated carbocycles. The Labute approximate surface area is 192 Å². The SMILES string of the molecule is CCc1ccc(-c2ccc3c(F)c(CCc4cc(F)c(OC(F)(F)F)c(F)c4)ccc3c2)cc1. The van der Waals surface area contributed by atoms with Crippen LogP contribution in [0.5, 0.6) is 5.75 Å². The van der Waals surface area contributed by atoms with E-state index in [4.69, 9.17) is 0 Å². The van der Waals surface area contributed by atoms with Crippen molar-refractivity contribution in [3.8, 4) is 16.9 Å². The summed E-state index contributed by atoms with van der Waals surface area (Å²) in [7, 11) is 0. The van der Waals surface area contributed by atoms with E-state index < -0.39 is 29.6 Å². The summed E-state index contributed by atoms with van der Waals surface area (Å²) in [5.74, 6) is -4.88. The lowest BCUT2D eigenvalue weighted by molar-refractivity contribution is -0.276. The molecule has 0 saturated heterocycles. The molecular formula is C27H20F6O. The monoisotopic (exact) mass is 474 g/mol. The van der Waals surface area contributed by atoms with E-state index >= 15 is 4.39 Å². The third-order valence-corrected chi connectivity index (χ3v) is 5.69. The zero-order valence-corrected chi connectivity index (χ0v) is 18.1. The number of fused-ring (bicyclic) bond motifs is 1. The van der Waals surface area contributed by atoms with E-state index in [1.807, 2.05) is 24.3 Å². The zero-order chi connectivity index (χ0) is 24.5. The molecule has 0 N–H and O–H groups in total. The van der Waals surface area contributed by atoms with Gasteiger partial charge in [0.2, 0.25) is 5.75 Å². The molecule has 0 aliphatic rings. The summed E-state index contributed by atoms with van der Waals surface area (Å²) >= 11 is 0. The van der Waals surface area contributed by atoms with Crippen LogP contribution in [0.2, 0.25) is 0 Å². The highest BCUT2D eigenvalue weighted by Crippen LogP contribution is 2.31. The maximum Gasteiger partial charge on any atom is 0.573 e. The molecule has 0 fully saturated rings. The average Bonchev–Trinajstić information content (AvgIpc) is 2.80. The second kappa shape index (κ2) is 9.41. The van der Waals surface area contributed by atoms with Gasteiger partial charge in [0.1, 0.15) is 5.82 Å². The number of hydrogen-bond donors (Lipinski definition) is 0. The first-order chi connectivity index (χ1) is 16.1. The van der Waals surface area contributed by atoms with Gasteiger partial charge in [0, 0.05) is 5.39 Å². The number of alkyl halides is 3. The van der Waals surface area contributed by atoms with Crippen molar-refractivity contribution in [3.05, 3.63) is 101 Å². The largest absolute Gasteiger partial charge is 0.573 e. The molecule has 0 aliphatic carbocycles. The molecule has 0 bridgehead atoms. The van der Waals surface area contributed by atoms with Crippen LogP contribution in [0.15, 0.2) is 66.7 Å². The maximum absolute atomic E-state index is 15.1. The van der Waals surface area contributed by atoms with Gasteiger partial charge < -0.3 is 4.74 Å². The molecule has 0 aliphatic heterocycles. The average molecular weight is 474 g/mol. The van der Waals surface area contributed by atoms with E-state index in [0.29, 0.717) is 16.3 Å². The number of halogens is 6. The normalized spacial score (nSPS) is 11.7. The Kier molecular flexibility index (Phi) is 6.55. The predicted molar refractivity (Wildman–Crippen MR) is 119 cm³/mol. The molecule has 4 aromatic carbocycles. The minimum Gasteiger partial charge on any atom is -0.399 e. The van der Waals surface area contributed by atoms with Crippen LogP contribution < -0.4 is 4.74 Å². The maximum atomic E-state index is 15.1. The highest BCUT2D eigenvalue weighted by molar-refractivity contribution is 5.88. The van der Waals surface area contributed by atoms with Crippen molar-refractivity contribution in [3.63, 3.8) is 0 Å². The van der Waals surface area contributed by atoms with Gasteiger partial charge in [-0.3, -0.25) is 0 Å². The Morgan fingerprint density at radius 3 is 1.97 bits per heavy atom. The van der Waals surface area contributed by atoms with Crippen LogP contribution in [-0.4, -0.2) is 6.36 Å². The lowest BCUT2D eigenvalue weighted by Gasteiger charge is -2.12. The molecule has 0 heterocycles. The third kappa shape index (κ3) is 5.19. The first-order valence-corrected chi connectivity index (χ1v) is 10.7. The molecule has 7 heteroatoms. The van der Waals surface area contributed by atoms with Crippen LogP contribution in [0.3, 0.4) is 0 Å². The fourth-order valence-electron chi connectivity index (χ4n) is 3.89. The van der Waals surface area contributed by atoms with Gasteiger partial charge in [-0.2, -0.15) is 0 Å². The highest BCUT2D eigenvalue weighted by atomic mass is 19.4. The van der Waals surface area contributed by atoms with Crippen molar-refractivity contribution in [1.82, 2.24) is 0 Å². The second-order valence-corrected chi connectivity index (χ2v) is 7.96. The standard InChI is InChI=1S/C27H20F6O/c1-2-16-3-6-18(7-4-16)20-11-12-22-21(15-20)10-9-19(25(22)30)8-5-17-13-23(28)26(24(29)14-17)34-27(31,32)33/h3-4,6-7,9-15H,2,5,8H2,1H3. The fourth-order valence-corrected chi connectivity index (χ4v) is 3.89. The smallest absolute Gasteiger partial charge is 0.399 e. The van der Waals surface area contributed by atoms with Crippen LogP contribution >= 0.6 is 0 Å². The molecular weight excluding hydrogens is 454 g/mol. The van der Waals surface area contributed by atoms with Crippen molar-refractivity contribution in [1.29, 1.82) is 0 Å². The van der Waals surface area contributed by atoms with Gasteiger partial charge in [0.15, 0.2) is 11.6 Å². The first kappa shape index (κ1) is 23.7. The summed E-state index contributed by atoms with van der Waals surface area (Å²) in [5, 5.41) is 1.13. The van der Waals surface area contributed by atoms with E-state index in [1.165, 1.54) is 5.56 Å². The predicted octanol–water partition coefficient (Wildman–Crippen LogP) is 8.17. The number of hydrogen-bond acceptors (Lipinski definition) is 1. The van der Waals surface area contributed by atoms with Gasteiger partial charge in [-0.15, -0.1) is 13.2 Å². The quantitative estimate of drug-likeness (QED) is 0.256. The molecule has 0 radical (unpaired) electrons. The van der Waals surface area contributed by atoms with E-state index in [-0.39, 0.29) is 18.4 Å². The second-order valence-electron chi connectivity index (χ2n) is 7.96. The van der Waals surface area contributed by atoms with E-state index in [9.17, 15) is 22.0 Å². The number of aryl methyl sites for hydroxylation is 3. The van der Waals surface area contributed by atoms with Gasteiger partial charge in [-0.1, -0.05) is 55.5 Å². The van der Waals surface area contributed by atoms with Crippen molar-refractivity contribution in [2.45, 2.75) is 32.5 Å². The number of rotatable bonds is 6. The van der Waals surface area contributed by atoms with Crippen molar-refractivity contribution in [2.24, 2.45) is 0 Å². The van der Waals surface area contributed by atoms with E-state index in [0.717, 1.165) is 29.7 Å². The summed E-state index contributed by atoms with van der Waals surface area (Å²) in [6.45, 7) is 2.08. The number of ether oxygens (including phenoxy) is 1. The van der Waals surface area contributed by atoms with Crippen molar-refractivity contribution < 1.29 is 31.1 Å². The highest BCUT2D eigenvalue weighted by Gasteiger charge is 2.34. The summed E-state index contributed by atoms with van der Waals surface area (Å²) in [6, 6.07) is 18.5. The summed E-state index contributed by atoms with van der Waals surface area (Å²) in [5.41, 5.74) is 3.63. The van der Waals surface area contributed by atoms with Crippen LogP contribution in [-0.2, 0) is 19.3 Å². The van der Waals surface area contributed by atoms with E-state index in [2.05, 4.69) is 23.8 Å². The summed E-state index contributed by atoms with van der Waals surface area (Å²) < 4.78 is 83.3. The molecule has 0 spiro atoms. The molecule has 0 aromatic heterocycles. The van der Waals surface area contributed by atoms with E-state index in [1.54, 1.807) is 18.2 Å². The Morgan fingerprint density at radius 2 is 1.35 bits per heavy atom. The molecule has 0 amide bonds. The lowest BCUT2D eigenvalue weighted by Crippen LogP contribution is -2.19. The van der Waals surface area contributed by atoms with Gasteiger partial charge >= 0.3 is 6.36 Å². The Hall–Kier alpha value is -3.48. The molecule has 0 atom stereocenters. The van der Waals surface area contributed by atoms with Crippen LogP contribution in [0.4, 0.5) is 26.3 Å². The van der Waals surface area contributed by atoms with Crippen LogP contribution in [0.25, 0.3) is 21.9 Å². The van der Waals surface area contributed by atoms with Crippen molar-refractivity contribution >= 4 is 10.8 Å². The lowest BCUT2D eigenvalue weighted by atomic mass is 9.96. The topological polar surface area (TPSA) is 9.23 Å². The Morgan fingerprint density at radius 1 is 0.706 bits per heavy atom. The van der Waals surface area contributed by atoms with Gasteiger partial charge in [-0.25, -0.2) is 13.2 Å². The fraction of sp³-hybridized carbons (Fsp3) is 0.185. The molecule has 34 heavy (non-hydrogen) atoms. The number of benzene rings is 4. The molecule has 1 nitrogen and oxygen atoms in total. The Balaban J connectivity index is 1.54. The van der Waals surface area contributed by atoms with Crippen LogP contribution in [0, 0.1) is 17.5 Å².